The Morgan fingerprint density at radius 1 is 1.12 bits per heavy atom. The number of para-hydroxylation sites is 1. The predicted octanol–water partition coefficient (Wildman–Crippen LogP) is 5.56. The second kappa shape index (κ2) is 10.2. The van der Waals surface area contributed by atoms with Crippen LogP contribution in [0.15, 0.2) is 76.2 Å². The summed E-state index contributed by atoms with van der Waals surface area (Å²) in [5, 5.41) is 14.4. The molecule has 0 aliphatic carbocycles. The van der Waals surface area contributed by atoms with Gasteiger partial charge < -0.3 is 14.6 Å². The highest BCUT2D eigenvalue weighted by Crippen LogP contribution is 2.39. The van der Waals surface area contributed by atoms with Gasteiger partial charge in [0, 0.05) is 28.2 Å². The number of hydrogen-bond acceptors (Lipinski definition) is 6. The first-order chi connectivity index (χ1) is 16.0. The summed E-state index contributed by atoms with van der Waals surface area (Å²) >= 11 is 3.49. The SMILES string of the molecule is CCOc1cccc([C@H]2CC(c3ccc(Br)cc3)=N[C@H](c3ccc(C(=O)OC)cc3)N2)c1O. The molecule has 4 rings (SSSR count). The molecule has 0 unspecified atom stereocenters. The lowest BCUT2D eigenvalue weighted by Crippen LogP contribution is -2.33. The van der Waals surface area contributed by atoms with E-state index >= 15 is 0 Å². The van der Waals surface area contributed by atoms with Crippen LogP contribution in [-0.2, 0) is 4.74 Å². The molecule has 0 saturated heterocycles. The summed E-state index contributed by atoms with van der Waals surface area (Å²) in [4.78, 5) is 16.8. The van der Waals surface area contributed by atoms with Gasteiger partial charge in [0.25, 0.3) is 0 Å². The van der Waals surface area contributed by atoms with Crippen LogP contribution in [0.2, 0.25) is 0 Å². The number of esters is 1. The van der Waals surface area contributed by atoms with Gasteiger partial charge in [0.15, 0.2) is 11.5 Å². The number of nitrogens with zero attached hydrogens (tertiary/aromatic N) is 1. The quantitative estimate of drug-likeness (QED) is 0.426. The Morgan fingerprint density at radius 3 is 2.52 bits per heavy atom. The lowest BCUT2D eigenvalue weighted by molar-refractivity contribution is 0.0600. The van der Waals surface area contributed by atoms with Gasteiger partial charge in [-0.05, 0) is 48.4 Å². The standard InChI is InChI=1S/C26H25BrN2O4/c1-3-33-23-6-4-5-20(24(23)30)22-15-21(16-11-13-19(27)14-12-16)28-25(29-22)17-7-9-18(10-8-17)26(31)32-2/h4-14,22,25,29-30H,3,15H2,1-2H3/t22-,25+/m1/s1. The maximum Gasteiger partial charge on any atom is 0.337 e. The van der Waals surface area contributed by atoms with Gasteiger partial charge in [-0.25, -0.2) is 4.79 Å². The maximum absolute atomic E-state index is 11.8. The van der Waals surface area contributed by atoms with Gasteiger partial charge in [-0.2, -0.15) is 0 Å². The van der Waals surface area contributed by atoms with E-state index in [-0.39, 0.29) is 23.9 Å². The van der Waals surface area contributed by atoms with Crippen LogP contribution in [0.1, 0.15) is 52.6 Å². The molecule has 1 aliphatic rings. The fraction of sp³-hybridized carbons (Fsp3) is 0.231. The van der Waals surface area contributed by atoms with E-state index in [9.17, 15) is 9.90 Å². The smallest absolute Gasteiger partial charge is 0.337 e. The number of carbonyl (C=O) groups is 1. The van der Waals surface area contributed by atoms with E-state index in [1.165, 1.54) is 7.11 Å². The highest BCUT2D eigenvalue weighted by molar-refractivity contribution is 9.10. The summed E-state index contributed by atoms with van der Waals surface area (Å²) in [7, 11) is 1.36. The van der Waals surface area contributed by atoms with Gasteiger partial charge in [-0.3, -0.25) is 10.3 Å². The molecule has 0 bridgehead atoms. The summed E-state index contributed by atoms with van der Waals surface area (Å²) in [6, 6.07) is 20.6. The van der Waals surface area contributed by atoms with Crippen molar-refractivity contribution in [3.63, 3.8) is 0 Å². The largest absolute Gasteiger partial charge is 0.504 e. The zero-order chi connectivity index (χ0) is 23.4. The minimum atomic E-state index is -0.382. The van der Waals surface area contributed by atoms with Gasteiger partial charge in [-0.1, -0.05) is 52.3 Å². The molecule has 3 aromatic rings. The fourth-order valence-corrected chi connectivity index (χ4v) is 4.17. The number of nitrogens with one attached hydrogen (secondary N) is 1. The van der Waals surface area contributed by atoms with E-state index in [0.717, 1.165) is 26.9 Å². The fourth-order valence-electron chi connectivity index (χ4n) is 3.91. The van der Waals surface area contributed by atoms with Crippen molar-refractivity contribution in [2.24, 2.45) is 4.99 Å². The molecule has 0 fully saturated rings. The predicted molar refractivity (Wildman–Crippen MR) is 131 cm³/mol. The number of halogens is 1. The number of aliphatic imine (C=N–C) groups is 1. The average Bonchev–Trinajstić information content (AvgIpc) is 2.85. The summed E-state index contributed by atoms with van der Waals surface area (Å²) in [5.74, 6) is 0.213. The third kappa shape index (κ3) is 5.10. The zero-order valence-electron chi connectivity index (χ0n) is 18.4. The summed E-state index contributed by atoms with van der Waals surface area (Å²) in [6.07, 6.45) is 0.242. The Bertz CT molecular complexity index is 1160. The van der Waals surface area contributed by atoms with Crippen LogP contribution in [0.4, 0.5) is 0 Å². The van der Waals surface area contributed by atoms with Gasteiger partial charge in [-0.15, -0.1) is 0 Å². The normalized spacial score (nSPS) is 17.8. The van der Waals surface area contributed by atoms with Crippen molar-refractivity contribution in [1.29, 1.82) is 0 Å². The minimum absolute atomic E-state index is 0.133. The number of carbonyl (C=O) groups excluding carboxylic acids is 1. The molecule has 6 nitrogen and oxygen atoms in total. The van der Waals surface area contributed by atoms with Crippen LogP contribution < -0.4 is 10.1 Å². The number of benzene rings is 3. The molecule has 170 valence electrons. The number of phenolic OH excluding ortho intramolecular Hbond substituents is 1. The van der Waals surface area contributed by atoms with Gasteiger partial charge in [0.2, 0.25) is 0 Å². The van der Waals surface area contributed by atoms with E-state index < -0.39 is 0 Å². The Labute approximate surface area is 201 Å². The minimum Gasteiger partial charge on any atom is -0.504 e. The maximum atomic E-state index is 11.8. The molecule has 2 N–H and O–H groups in total. The van der Waals surface area contributed by atoms with Crippen molar-refractivity contribution >= 4 is 27.6 Å². The average molecular weight is 509 g/mol. The van der Waals surface area contributed by atoms with Crippen molar-refractivity contribution in [2.75, 3.05) is 13.7 Å². The van der Waals surface area contributed by atoms with Crippen molar-refractivity contribution in [2.45, 2.75) is 25.6 Å². The van der Waals surface area contributed by atoms with Crippen LogP contribution in [-0.4, -0.2) is 30.5 Å². The summed E-state index contributed by atoms with van der Waals surface area (Å²) in [6.45, 7) is 2.35. The third-order valence-corrected chi connectivity index (χ3v) is 6.10. The second-order valence-corrected chi connectivity index (χ2v) is 8.56. The second-order valence-electron chi connectivity index (χ2n) is 7.65. The Hall–Kier alpha value is -3.16. The monoisotopic (exact) mass is 508 g/mol. The number of phenols is 1. The Morgan fingerprint density at radius 2 is 1.85 bits per heavy atom. The summed E-state index contributed by atoms with van der Waals surface area (Å²) < 4.78 is 11.4. The number of methoxy groups -OCH3 is 1. The first-order valence-electron chi connectivity index (χ1n) is 10.7. The topological polar surface area (TPSA) is 80.2 Å². The van der Waals surface area contributed by atoms with E-state index in [0.29, 0.717) is 24.3 Å². The van der Waals surface area contributed by atoms with Crippen LogP contribution in [0.3, 0.4) is 0 Å². The first kappa shape index (κ1) is 23.0. The van der Waals surface area contributed by atoms with Gasteiger partial charge >= 0.3 is 5.97 Å². The Kier molecular flexibility index (Phi) is 7.11. The molecule has 0 radical (unpaired) electrons. The lowest BCUT2D eigenvalue weighted by atomic mass is 9.93. The molecule has 0 saturated carbocycles. The molecule has 3 aromatic carbocycles. The summed E-state index contributed by atoms with van der Waals surface area (Å²) in [5.41, 5.74) is 4.08. The van der Waals surface area contributed by atoms with Gasteiger partial charge in [0.1, 0.15) is 6.17 Å². The molecular weight excluding hydrogens is 484 g/mol. The zero-order valence-corrected chi connectivity index (χ0v) is 20.0. The highest BCUT2D eigenvalue weighted by Gasteiger charge is 2.28. The van der Waals surface area contributed by atoms with Crippen molar-refractivity contribution < 1.29 is 19.4 Å². The number of ether oxygens (including phenoxy) is 2. The van der Waals surface area contributed by atoms with E-state index in [1.54, 1.807) is 18.2 Å². The highest BCUT2D eigenvalue weighted by atomic mass is 79.9. The molecule has 0 amide bonds. The van der Waals surface area contributed by atoms with E-state index in [2.05, 4.69) is 21.2 Å². The van der Waals surface area contributed by atoms with Crippen LogP contribution in [0.5, 0.6) is 11.5 Å². The third-order valence-electron chi connectivity index (χ3n) is 5.57. The van der Waals surface area contributed by atoms with E-state index in [1.807, 2.05) is 55.5 Å². The number of aromatic hydroxyl groups is 1. The number of hydrogen-bond donors (Lipinski definition) is 2. The lowest BCUT2D eigenvalue weighted by Gasteiger charge is -2.31. The van der Waals surface area contributed by atoms with Crippen molar-refractivity contribution in [1.82, 2.24) is 5.32 Å². The molecule has 1 aliphatic heterocycles. The van der Waals surface area contributed by atoms with Gasteiger partial charge in [0.05, 0.1) is 19.3 Å². The van der Waals surface area contributed by atoms with Crippen LogP contribution in [0.25, 0.3) is 0 Å². The van der Waals surface area contributed by atoms with Crippen LogP contribution in [0, 0.1) is 0 Å². The Balaban J connectivity index is 1.72. The molecular formula is C26H25BrN2O4. The first-order valence-corrected chi connectivity index (χ1v) is 11.5. The number of rotatable bonds is 6. The van der Waals surface area contributed by atoms with Crippen molar-refractivity contribution in [3.8, 4) is 11.5 Å². The molecule has 7 heteroatoms. The van der Waals surface area contributed by atoms with Crippen molar-refractivity contribution in [3.05, 3.63) is 93.5 Å². The molecule has 33 heavy (non-hydrogen) atoms. The molecule has 0 aromatic heterocycles. The van der Waals surface area contributed by atoms with Crippen LogP contribution >= 0.6 is 15.9 Å². The molecule has 1 heterocycles. The molecule has 0 spiro atoms. The van der Waals surface area contributed by atoms with E-state index in [4.69, 9.17) is 14.5 Å². The molecule has 2 atom stereocenters.